The average molecular weight is 895 g/mol. The Morgan fingerprint density at radius 3 is 1.73 bits per heavy atom. The number of rotatable bonds is 7. The molecule has 3 atom stereocenters. The number of phenolic OH excluding ortho intramolecular Hbond substituents is 1. The molecule has 1 aromatic heterocycles. The highest BCUT2D eigenvalue weighted by atomic mass is 16.3. The molecule has 1 heterocycles. The van der Waals surface area contributed by atoms with E-state index >= 15 is 0 Å². The van der Waals surface area contributed by atoms with Gasteiger partial charge in [-0.25, -0.2) is 0 Å². The number of fused-ring (bicyclic) bond motifs is 13. The first-order valence-corrected chi connectivity index (χ1v) is 24.3. The van der Waals surface area contributed by atoms with E-state index in [2.05, 4.69) is 246 Å². The lowest BCUT2D eigenvalue weighted by Crippen LogP contribution is -2.32. The Bertz CT molecular complexity index is 3900. The summed E-state index contributed by atoms with van der Waals surface area (Å²) < 4.78 is 2.28. The maximum Gasteiger partial charge on any atom is 0.116 e. The van der Waals surface area contributed by atoms with E-state index in [-0.39, 0.29) is 11.2 Å². The van der Waals surface area contributed by atoms with Gasteiger partial charge in [0.05, 0.1) is 16.4 Å². The zero-order valence-corrected chi connectivity index (χ0v) is 38.3. The molecule has 330 valence electrons. The van der Waals surface area contributed by atoms with E-state index in [4.69, 9.17) is 0 Å². The second-order valence-electron chi connectivity index (χ2n) is 19.0. The van der Waals surface area contributed by atoms with Crippen LogP contribution in [-0.4, -0.2) is 9.67 Å². The molecule has 3 nitrogen and oxygen atoms in total. The van der Waals surface area contributed by atoms with Gasteiger partial charge in [0.1, 0.15) is 5.75 Å². The van der Waals surface area contributed by atoms with E-state index in [9.17, 15) is 5.11 Å². The maximum absolute atomic E-state index is 10.6. The van der Waals surface area contributed by atoms with Crippen molar-refractivity contribution in [3.8, 4) is 55.9 Å². The van der Waals surface area contributed by atoms with Gasteiger partial charge in [0.2, 0.25) is 0 Å². The van der Waals surface area contributed by atoms with Gasteiger partial charge >= 0.3 is 0 Å². The molecule has 0 fully saturated rings. The third kappa shape index (κ3) is 6.08. The van der Waals surface area contributed by atoms with Gasteiger partial charge < -0.3 is 14.6 Å². The quantitative estimate of drug-likeness (QED) is 0.173. The normalized spacial score (nSPS) is 17.1. The van der Waals surface area contributed by atoms with Gasteiger partial charge in [-0.1, -0.05) is 176 Å². The van der Waals surface area contributed by atoms with Gasteiger partial charge in [-0.05, 0) is 152 Å². The van der Waals surface area contributed by atoms with Crippen molar-refractivity contribution in [3.05, 3.63) is 283 Å². The zero-order chi connectivity index (χ0) is 46.3. The number of benzene rings is 10. The highest BCUT2D eigenvalue weighted by molar-refractivity contribution is 6.11. The summed E-state index contributed by atoms with van der Waals surface area (Å²) in [5, 5.41) is 12.8. The summed E-state index contributed by atoms with van der Waals surface area (Å²) >= 11 is 0. The predicted octanol–water partition coefficient (Wildman–Crippen LogP) is 17.1. The van der Waals surface area contributed by atoms with E-state index in [1.54, 1.807) is 6.07 Å². The van der Waals surface area contributed by atoms with Gasteiger partial charge in [0, 0.05) is 45.4 Å². The number of nitrogens with zero attached hydrogens (tertiary/aromatic N) is 2. The predicted molar refractivity (Wildman–Crippen MR) is 290 cm³/mol. The topological polar surface area (TPSA) is 28.4 Å². The van der Waals surface area contributed by atoms with Crippen LogP contribution >= 0.6 is 0 Å². The number of anilines is 3. The van der Waals surface area contributed by atoms with Crippen LogP contribution in [0.3, 0.4) is 0 Å². The van der Waals surface area contributed by atoms with E-state index in [0.717, 1.165) is 55.7 Å². The maximum atomic E-state index is 10.6. The molecule has 0 bridgehead atoms. The van der Waals surface area contributed by atoms with Crippen molar-refractivity contribution in [2.45, 2.75) is 11.3 Å². The van der Waals surface area contributed by atoms with Crippen LogP contribution in [0.1, 0.15) is 28.2 Å². The first-order valence-electron chi connectivity index (χ1n) is 24.3. The lowest BCUT2D eigenvalue weighted by Gasteiger charge is -2.36. The van der Waals surface area contributed by atoms with Crippen LogP contribution in [0, 0.1) is 5.92 Å². The lowest BCUT2D eigenvalue weighted by atomic mass is 9.65. The van der Waals surface area contributed by atoms with Crippen molar-refractivity contribution in [3.63, 3.8) is 0 Å². The van der Waals surface area contributed by atoms with Crippen molar-refractivity contribution < 1.29 is 5.11 Å². The van der Waals surface area contributed by atoms with Gasteiger partial charge in [-0.2, -0.15) is 0 Å². The van der Waals surface area contributed by atoms with Crippen LogP contribution in [0.2, 0.25) is 0 Å². The monoisotopic (exact) mass is 894 g/mol. The molecular weight excluding hydrogens is 849 g/mol. The Hall–Kier alpha value is -8.92. The number of aromatic hydroxyl groups is 1. The smallest absolute Gasteiger partial charge is 0.116 e. The van der Waals surface area contributed by atoms with Gasteiger partial charge in [-0.15, -0.1) is 0 Å². The molecule has 0 aliphatic heterocycles. The van der Waals surface area contributed by atoms with Crippen molar-refractivity contribution >= 4 is 38.9 Å². The van der Waals surface area contributed by atoms with Crippen molar-refractivity contribution in [2.75, 3.05) is 4.90 Å². The number of para-hydroxylation sites is 1. The number of aromatic nitrogens is 1. The molecule has 0 amide bonds. The van der Waals surface area contributed by atoms with Gasteiger partial charge in [-0.3, -0.25) is 0 Å². The van der Waals surface area contributed by atoms with E-state index in [0.29, 0.717) is 11.8 Å². The van der Waals surface area contributed by atoms with Crippen LogP contribution in [0.15, 0.2) is 261 Å². The minimum Gasteiger partial charge on any atom is -0.508 e. The molecule has 1 spiro atoms. The summed E-state index contributed by atoms with van der Waals surface area (Å²) in [5.74, 6) is 0.900. The molecule has 0 radical (unpaired) electrons. The molecule has 0 saturated heterocycles. The summed E-state index contributed by atoms with van der Waals surface area (Å²) in [6.07, 6.45) is 9.34. The minimum atomic E-state index is -0.251. The minimum absolute atomic E-state index is 0.251. The molecule has 3 unspecified atom stereocenters. The number of hydrogen-bond donors (Lipinski definition) is 1. The Balaban J connectivity index is 0.868. The fraction of sp³-hybridized carbons (Fsp3) is 0.0448. The van der Waals surface area contributed by atoms with Crippen LogP contribution < -0.4 is 4.90 Å². The number of hydrogen-bond acceptors (Lipinski definition) is 2. The van der Waals surface area contributed by atoms with E-state index in [1.807, 2.05) is 18.2 Å². The molecule has 3 aliphatic rings. The highest BCUT2D eigenvalue weighted by Crippen LogP contribution is 2.65. The van der Waals surface area contributed by atoms with E-state index < -0.39 is 0 Å². The molecule has 3 aliphatic carbocycles. The van der Waals surface area contributed by atoms with Crippen molar-refractivity contribution in [2.24, 2.45) is 5.92 Å². The Morgan fingerprint density at radius 2 is 0.943 bits per heavy atom. The van der Waals surface area contributed by atoms with Crippen LogP contribution in [0.25, 0.3) is 72.0 Å². The molecular formula is C67H46N2O. The van der Waals surface area contributed by atoms with Gasteiger partial charge in [0.25, 0.3) is 0 Å². The SMILES string of the molecule is Oc1ccc2c(c1)c1cc(-c3ccc(N(c4ccc(-c5ccccc5)cc4)c4cccc(-c5ccc6c(c5)-c5ccccc5C65c6ccccc6C6C=CC=CC65)c4)cc3)ccc1n2-c1ccccc1. The summed E-state index contributed by atoms with van der Waals surface area (Å²) in [6.45, 7) is 0. The van der Waals surface area contributed by atoms with Gasteiger partial charge in [0.15, 0.2) is 0 Å². The molecule has 10 aromatic carbocycles. The lowest BCUT2D eigenvalue weighted by molar-refractivity contribution is 0.465. The van der Waals surface area contributed by atoms with E-state index in [1.165, 1.54) is 55.6 Å². The Kier molecular flexibility index (Phi) is 9.09. The summed E-state index contributed by atoms with van der Waals surface area (Å²) in [7, 11) is 0. The summed E-state index contributed by atoms with van der Waals surface area (Å²) in [6, 6.07) is 85.8. The summed E-state index contributed by atoms with van der Waals surface area (Å²) in [5.41, 5.74) is 21.5. The zero-order valence-electron chi connectivity index (χ0n) is 38.3. The molecule has 14 rings (SSSR count). The molecule has 11 aromatic rings. The van der Waals surface area contributed by atoms with Crippen LogP contribution in [0.5, 0.6) is 5.75 Å². The Labute approximate surface area is 407 Å². The first-order chi connectivity index (χ1) is 34.6. The van der Waals surface area contributed by atoms with Crippen molar-refractivity contribution in [1.29, 1.82) is 0 Å². The third-order valence-corrected chi connectivity index (χ3v) is 15.4. The molecule has 3 heteroatoms. The largest absolute Gasteiger partial charge is 0.508 e. The molecule has 70 heavy (non-hydrogen) atoms. The number of allylic oxidation sites excluding steroid dienone is 4. The fourth-order valence-electron chi connectivity index (χ4n) is 12.3. The molecule has 0 saturated carbocycles. The average Bonchev–Trinajstić information content (AvgIpc) is 4.03. The standard InChI is InChI=1S/C67H46N2O/c70-54-36-39-66-60(43-54)59-42-48(31-38-65(59)69(66)50-17-5-2-6-18-50)46-28-34-52(35-29-46)68(51-32-26-45(27-33-51)44-14-3-1-4-15-44)53-19-13-16-47(40-53)49-30-37-64-58(41-49)57-22-9-12-25-63(57)67(64)61-23-10-7-20-55(61)56-21-8-11-24-62(56)67/h1-43,55,61,70H. The fourth-order valence-corrected chi connectivity index (χ4v) is 12.3. The van der Waals surface area contributed by atoms with Crippen LogP contribution in [0.4, 0.5) is 17.1 Å². The third-order valence-electron chi connectivity index (χ3n) is 15.4. The number of phenols is 1. The second kappa shape index (κ2) is 15.8. The van der Waals surface area contributed by atoms with Crippen molar-refractivity contribution in [1.82, 2.24) is 4.57 Å². The van der Waals surface area contributed by atoms with Crippen LogP contribution in [-0.2, 0) is 5.41 Å². The Morgan fingerprint density at radius 1 is 0.386 bits per heavy atom. The molecule has 1 N–H and O–H groups in total. The highest BCUT2D eigenvalue weighted by Gasteiger charge is 2.56. The second-order valence-corrected chi connectivity index (χ2v) is 19.0. The summed E-state index contributed by atoms with van der Waals surface area (Å²) in [4.78, 5) is 2.37. The first kappa shape index (κ1) is 40.2.